The molecule has 5 nitrogen and oxygen atoms in total. The van der Waals surface area contributed by atoms with Crippen molar-refractivity contribution in [3.8, 4) is 0 Å². The molecular formula is C19H29IN4O. The number of guanidine groups is 1. The molecule has 2 rings (SSSR count). The summed E-state index contributed by atoms with van der Waals surface area (Å²) in [5.74, 6) is 1.80. The van der Waals surface area contributed by atoms with E-state index in [2.05, 4.69) is 65.7 Å². The zero-order chi connectivity index (χ0) is 17.4. The van der Waals surface area contributed by atoms with Crippen molar-refractivity contribution < 1.29 is 4.42 Å². The molecule has 0 aliphatic heterocycles. The van der Waals surface area contributed by atoms with Crippen molar-refractivity contribution in [2.75, 3.05) is 14.1 Å². The maximum Gasteiger partial charge on any atom is 0.191 e. The van der Waals surface area contributed by atoms with E-state index in [9.17, 15) is 0 Å². The van der Waals surface area contributed by atoms with E-state index in [1.807, 2.05) is 12.1 Å². The van der Waals surface area contributed by atoms with E-state index in [0.29, 0.717) is 6.04 Å². The Labute approximate surface area is 167 Å². The first-order chi connectivity index (χ1) is 11.6. The SMILES string of the molecule is CN=C(NCc1ccccc1CN(C)Cc1ccco1)NC(C)C.I. The van der Waals surface area contributed by atoms with Crippen LogP contribution in [-0.4, -0.2) is 31.0 Å². The lowest BCUT2D eigenvalue weighted by atomic mass is 10.1. The Morgan fingerprint density at radius 1 is 1.12 bits per heavy atom. The van der Waals surface area contributed by atoms with Crippen molar-refractivity contribution in [1.82, 2.24) is 15.5 Å². The standard InChI is InChI=1S/C19H28N4O.HI/c1-15(2)22-19(20-3)21-12-16-8-5-6-9-17(16)13-23(4)14-18-10-7-11-24-18;/h5-11,15H,12-14H2,1-4H3,(H2,20,21,22);1H. The van der Waals surface area contributed by atoms with Crippen molar-refractivity contribution in [3.63, 3.8) is 0 Å². The molecule has 1 aromatic carbocycles. The largest absolute Gasteiger partial charge is 0.468 e. The second-order valence-electron chi connectivity index (χ2n) is 6.25. The normalized spacial score (nSPS) is 11.5. The van der Waals surface area contributed by atoms with Gasteiger partial charge in [-0.25, -0.2) is 0 Å². The highest BCUT2D eigenvalue weighted by atomic mass is 127. The molecule has 0 aliphatic rings. The van der Waals surface area contributed by atoms with Gasteiger partial charge in [0.25, 0.3) is 0 Å². The van der Waals surface area contributed by atoms with E-state index in [1.54, 1.807) is 13.3 Å². The molecular weight excluding hydrogens is 427 g/mol. The molecule has 1 aromatic heterocycles. The number of furan rings is 1. The summed E-state index contributed by atoms with van der Waals surface area (Å²) in [6.45, 7) is 6.62. The Morgan fingerprint density at radius 2 is 1.84 bits per heavy atom. The molecule has 0 spiro atoms. The van der Waals surface area contributed by atoms with Gasteiger partial charge >= 0.3 is 0 Å². The van der Waals surface area contributed by atoms with Crippen LogP contribution >= 0.6 is 24.0 Å². The maximum absolute atomic E-state index is 5.42. The summed E-state index contributed by atoms with van der Waals surface area (Å²) >= 11 is 0. The minimum absolute atomic E-state index is 0. The lowest BCUT2D eigenvalue weighted by Crippen LogP contribution is -2.40. The summed E-state index contributed by atoms with van der Waals surface area (Å²) in [5.41, 5.74) is 2.58. The average molecular weight is 456 g/mol. The number of hydrogen-bond donors (Lipinski definition) is 2. The highest BCUT2D eigenvalue weighted by molar-refractivity contribution is 14.0. The molecule has 0 amide bonds. The van der Waals surface area contributed by atoms with Gasteiger partial charge < -0.3 is 15.1 Å². The zero-order valence-corrected chi connectivity index (χ0v) is 17.8. The van der Waals surface area contributed by atoms with Crippen LogP contribution in [0.5, 0.6) is 0 Å². The van der Waals surface area contributed by atoms with Gasteiger partial charge in [0.15, 0.2) is 5.96 Å². The van der Waals surface area contributed by atoms with Crippen molar-refractivity contribution in [1.29, 1.82) is 0 Å². The molecule has 138 valence electrons. The minimum atomic E-state index is 0. The molecule has 0 atom stereocenters. The monoisotopic (exact) mass is 456 g/mol. The summed E-state index contributed by atoms with van der Waals surface area (Å²) in [5, 5.41) is 6.68. The molecule has 0 bridgehead atoms. The van der Waals surface area contributed by atoms with Crippen LogP contribution in [0.25, 0.3) is 0 Å². The summed E-state index contributed by atoms with van der Waals surface area (Å²) in [6.07, 6.45) is 1.72. The van der Waals surface area contributed by atoms with E-state index in [-0.39, 0.29) is 24.0 Å². The summed E-state index contributed by atoms with van der Waals surface area (Å²) < 4.78 is 5.42. The first kappa shape index (κ1) is 21.5. The van der Waals surface area contributed by atoms with Gasteiger partial charge in [-0.05, 0) is 44.2 Å². The predicted octanol–water partition coefficient (Wildman–Crippen LogP) is 3.60. The third kappa shape index (κ3) is 7.48. The number of aliphatic imine (C=N–C) groups is 1. The Balaban J connectivity index is 0.00000312. The fourth-order valence-corrected chi connectivity index (χ4v) is 2.55. The first-order valence-corrected chi connectivity index (χ1v) is 8.33. The van der Waals surface area contributed by atoms with E-state index < -0.39 is 0 Å². The molecule has 6 heteroatoms. The summed E-state index contributed by atoms with van der Waals surface area (Å²) in [6, 6.07) is 12.8. The number of hydrogen-bond acceptors (Lipinski definition) is 3. The molecule has 0 aliphatic carbocycles. The summed E-state index contributed by atoms with van der Waals surface area (Å²) in [4.78, 5) is 6.50. The Bertz CT molecular complexity index is 641. The molecule has 1 heterocycles. The van der Waals surface area contributed by atoms with Crippen LogP contribution in [0, 0.1) is 0 Å². The van der Waals surface area contributed by atoms with Crippen LogP contribution in [-0.2, 0) is 19.6 Å². The number of rotatable bonds is 7. The van der Waals surface area contributed by atoms with Gasteiger partial charge in [0.2, 0.25) is 0 Å². The number of nitrogens with zero attached hydrogens (tertiary/aromatic N) is 2. The number of benzene rings is 1. The van der Waals surface area contributed by atoms with Crippen LogP contribution in [0.15, 0.2) is 52.1 Å². The van der Waals surface area contributed by atoms with Gasteiger partial charge in [-0.3, -0.25) is 9.89 Å². The first-order valence-electron chi connectivity index (χ1n) is 8.33. The van der Waals surface area contributed by atoms with Gasteiger partial charge in [0.05, 0.1) is 12.8 Å². The second-order valence-corrected chi connectivity index (χ2v) is 6.25. The van der Waals surface area contributed by atoms with Crippen molar-refractivity contribution in [2.24, 2.45) is 4.99 Å². The van der Waals surface area contributed by atoms with Crippen molar-refractivity contribution in [2.45, 2.75) is 39.5 Å². The lowest BCUT2D eigenvalue weighted by molar-refractivity contribution is 0.287. The fourth-order valence-electron chi connectivity index (χ4n) is 2.55. The molecule has 2 aromatic rings. The fraction of sp³-hybridized carbons (Fsp3) is 0.421. The van der Waals surface area contributed by atoms with Gasteiger partial charge in [0.1, 0.15) is 5.76 Å². The molecule has 0 radical (unpaired) electrons. The molecule has 25 heavy (non-hydrogen) atoms. The van der Waals surface area contributed by atoms with E-state index in [0.717, 1.165) is 31.4 Å². The number of nitrogens with one attached hydrogen (secondary N) is 2. The van der Waals surface area contributed by atoms with Crippen LogP contribution in [0.1, 0.15) is 30.7 Å². The number of halogens is 1. The van der Waals surface area contributed by atoms with E-state index in [1.165, 1.54) is 11.1 Å². The quantitative estimate of drug-likeness (QED) is 0.380. The average Bonchev–Trinajstić information content (AvgIpc) is 3.05. The maximum atomic E-state index is 5.42. The van der Waals surface area contributed by atoms with Crippen LogP contribution in [0.3, 0.4) is 0 Å². The van der Waals surface area contributed by atoms with Gasteiger partial charge in [-0.1, -0.05) is 24.3 Å². The van der Waals surface area contributed by atoms with Crippen LogP contribution in [0.4, 0.5) is 0 Å². The topological polar surface area (TPSA) is 52.8 Å². The minimum Gasteiger partial charge on any atom is -0.468 e. The Hall–Kier alpha value is -1.54. The highest BCUT2D eigenvalue weighted by Crippen LogP contribution is 2.13. The van der Waals surface area contributed by atoms with E-state index >= 15 is 0 Å². The lowest BCUT2D eigenvalue weighted by Gasteiger charge is -2.19. The van der Waals surface area contributed by atoms with Crippen LogP contribution in [0.2, 0.25) is 0 Å². The summed E-state index contributed by atoms with van der Waals surface area (Å²) in [7, 11) is 3.90. The van der Waals surface area contributed by atoms with E-state index in [4.69, 9.17) is 4.42 Å². The van der Waals surface area contributed by atoms with Crippen LogP contribution < -0.4 is 10.6 Å². The molecule has 0 fully saturated rings. The molecule has 2 N–H and O–H groups in total. The smallest absolute Gasteiger partial charge is 0.191 e. The van der Waals surface area contributed by atoms with Crippen molar-refractivity contribution >= 4 is 29.9 Å². The second kappa shape index (κ2) is 11.1. The Kier molecular flexibility index (Phi) is 9.59. The molecule has 0 unspecified atom stereocenters. The third-order valence-electron chi connectivity index (χ3n) is 3.66. The predicted molar refractivity (Wildman–Crippen MR) is 114 cm³/mol. The van der Waals surface area contributed by atoms with Gasteiger partial charge in [-0.2, -0.15) is 0 Å². The van der Waals surface area contributed by atoms with Gasteiger partial charge in [0, 0.05) is 26.2 Å². The van der Waals surface area contributed by atoms with Gasteiger partial charge in [-0.15, -0.1) is 24.0 Å². The zero-order valence-electron chi connectivity index (χ0n) is 15.5. The Morgan fingerprint density at radius 3 is 2.44 bits per heavy atom. The highest BCUT2D eigenvalue weighted by Gasteiger charge is 2.08. The molecule has 0 saturated carbocycles. The van der Waals surface area contributed by atoms with Crippen molar-refractivity contribution in [3.05, 3.63) is 59.5 Å². The molecule has 0 saturated heterocycles. The third-order valence-corrected chi connectivity index (χ3v) is 3.66.